The molecule has 2 saturated heterocycles. The summed E-state index contributed by atoms with van der Waals surface area (Å²) in [6.45, 7) is 2.51. The van der Waals surface area contributed by atoms with Crippen LogP contribution in [0.5, 0.6) is 0 Å². The van der Waals surface area contributed by atoms with E-state index in [1.54, 1.807) is 0 Å². The van der Waals surface area contributed by atoms with E-state index < -0.39 is 0 Å². The van der Waals surface area contributed by atoms with Gasteiger partial charge in [0, 0.05) is 18.5 Å². The SMILES string of the molecule is CCCCCCC(=O)CON1C2CC3CC(C2)CC1C3. The summed E-state index contributed by atoms with van der Waals surface area (Å²) in [5, 5.41) is 2.22. The molecule has 2 saturated carbocycles. The standard InChI is InChI=1S/C17H29NO2/c1-2-3-4-5-6-17(19)12-20-18-15-8-13-7-14(10-15)11-16(18)9-13/h13-16H,2-12H2,1H3. The van der Waals surface area contributed by atoms with Crippen molar-refractivity contribution in [3.05, 3.63) is 0 Å². The quantitative estimate of drug-likeness (QED) is 0.634. The summed E-state index contributed by atoms with van der Waals surface area (Å²) in [6, 6.07) is 1.22. The van der Waals surface area contributed by atoms with Gasteiger partial charge in [0.15, 0.2) is 5.78 Å². The van der Waals surface area contributed by atoms with Gasteiger partial charge in [-0.3, -0.25) is 9.63 Å². The van der Waals surface area contributed by atoms with E-state index in [9.17, 15) is 4.79 Å². The van der Waals surface area contributed by atoms with Gasteiger partial charge in [-0.1, -0.05) is 26.2 Å². The number of hydroxylamine groups is 2. The van der Waals surface area contributed by atoms with Crippen LogP contribution in [0.2, 0.25) is 0 Å². The highest BCUT2D eigenvalue weighted by atomic mass is 16.7. The van der Waals surface area contributed by atoms with Gasteiger partial charge in [-0.15, -0.1) is 0 Å². The van der Waals surface area contributed by atoms with E-state index in [1.165, 1.54) is 51.4 Å². The van der Waals surface area contributed by atoms with Crippen LogP contribution in [-0.2, 0) is 9.63 Å². The number of hydrogen-bond acceptors (Lipinski definition) is 3. The average Bonchev–Trinajstić information content (AvgIpc) is 2.42. The largest absolute Gasteiger partial charge is 0.297 e. The Morgan fingerprint density at radius 1 is 1.00 bits per heavy atom. The van der Waals surface area contributed by atoms with Crippen LogP contribution in [0.3, 0.4) is 0 Å². The van der Waals surface area contributed by atoms with Gasteiger partial charge in [-0.2, -0.15) is 5.06 Å². The van der Waals surface area contributed by atoms with Gasteiger partial charge in [-0.25, -0.2) is 0 Å². The zero-order valence-corrected chi connectivity index (χ0v) is 12.9. The summed E-state index contributed by atoms with van der Waals surface area (Å²) in [5.74, 6) is 2.18. The first-order valence-corrected chi connectivity index (χ1v) is 8.69. The van der Waals surface area contributed by atoms with Gasteiger partial charge in [-0.05, 0) is 50.4 Å². The highest BCUT2D eigenvalue weighted by molar-refractivity contribution is 5.79. The Bertz CT molecular complexity index is 314. The molecular weight excluding hydrogens is 250 g/mol. The normalized spacial score (nSPS) is 35.6. The van der Waals surface area contributed by atoms with Crippen molar-refractivity contribution in [1.29, 1.82) is 0 Å². The molecule has 0 N–H and O–H groups in total. The number of unbranched alkanes of at least 4 members (excludes halogenated alkanes) is 3. The number of Topliss-reactive ketones (excluding diaryl/α,β-unsaturated/α-hetero) is 1. The molecule has 114 valence electrons. The lowest BCUT2D eigenvalue weighted by Crippen LogP contribution is -2.57. The second-order valence-electron chi connectivity index (χ2n) is 7.20. The van der Waals surface area contributed by atoms with E-state index in [4.69, 9.17) is 4.84 Å². The Labute approximate surface area is 123 Å². The van der Waals surface area contributed by atoms with Crippen molar-refractivity contribution in [3.63, 3.8) is 0 Å². The Morgan fingerprint density at radius 2 is 1.65 bits per heavy atom. The molecule has 4 rings (SSSR count). The van der Waals surface area contributed by atoms with Crippen LogP contribution < -0.4 is 0 Å². The van der Waals surface area contributed by atoms with Crippen molar-refractivity contribution in [2.24, 2.45) is 11.8 Å². The van der Waals surface area contributed by atoms with E-state index in [-0.39, 0.29) is 5.78 Å². The molecule has 0 spiro atoms. The molecule has 2 aliphatic heterocycles. The van der Waals surface area contributed by atoms with Gasteiger partial charge in [0.2, 0.25) is 0 Å². The topological polar surface area (TPSA) is 29.5 Å². The number of rotatable bonds is 8. The minimum absolute atomic E-state index is 0.287. The highest BCUT2D eigenvalue weighted by Gasteiger charge is 2.47. The van der Waals surface area contributed by atoms with Crippen LogP contribution in [0.15, 0.2) is 0 Å². The van der Waals surface area contributed by atoms with Crippen molar-refractivity contribution in [3.8, 4) is 0 Å². The first kappa shape index (κ1) is 14.5. The number of carbonyl (C=O) groups excluding carboxylic acids is 1. The summed E-state index contributed by atoms with van der Waals surface area (Å²) < 4.78 is 0. The minimum Gasteiger partial charge on any atom is -0.297 e. The summed E-state index contributed by atoms with van der Waals surface area (Å²) in [6.07, 6.45) is 12.1. The predicted molar refractivity (Wildman–Crippen MR) is 79.2 cm³/mol. The summed E-state index contributed by atoms with van der Waals surface area (Å²) in [4.78, 5) is 17.8. The fourth-order valence-electron chi connectivity index (χ4n) is 4.67. The summed E-state index contributed by atoms with van der Waals surface area (Å²) >= 11 is 0. The molecule has 0 aromatic carbocycles. The summed E-state index contributed by atoms with van der Waals surface area (Å²) in [7, 11) is 0. The molecule has 0 aromatic heterocycles. The number of hydrogen-bond donors (Lipinski definition) is 0. The minimum atomic E-state index is 0.287. The van der Waals surface area contributed by atoms with Gasteiger partial charge in [0.25, 0.3) is 0 Å². The van der Waals surface area contributed by atoms with Crippen molar-refractivity contribution >= 4 is 5.78 Å². The van der Waals surface area contributed by atoms with E-state index in [2.05, 4.69) is 12.0 Å². The van der Waals surface area contributed by atoms with Gasteiger partial charge in [0.05, 0.1) is 0 Å². The first-order chi connectivity index (χ1) is 9.76. The second kappa shape index (κ2) is 6.57. The smallest absolute Gasteiger partial charge is 0.160 e. The zero-order chi connectivity index (χ0) is 13.9. The molecule has 2 heterocycles. The van der Waals surface area contributed by atoms with Gasteiger partial charge >= 0.3 is 0 Å². The Hall–Kier alpha value is -0.410. The molecule has 3 heteroatoms. The molecule has 0 radical (unpaired) electrons. The maximum absolute atomic E-state index is 11.9. The van der Waals surface area contributed by atoms with Gasteiger partial charge in [0.1, 0.15) is 6.61 Å². The lowest BCUT2D eigenvalue weighted by molar-refractivity contribution is -0.263. The average molecular weight is 279 g/mol. The molecule has 20 heavy (non-hydrogen) atoms. The summed E-state index contributed by atoms with van der Waals surface area (Å²) in [5.41, 5.74) is 0. The van der Waals surface area contributed by atoms with E-state index in [0.717, 1.165) is 18.3 Å². The molecule has 0 atom stereocenters. The predicted octanol–water partition coefficient (Wildman–Crippen LogP) is 3.72. The fraction of sp³-hybridized carbons (Fsp3) is 0.941. The molecule has 2 aliphatic carbocycles. The van der Waals surface area contributed by atoms with Crippen LogP contribution in [-0.4, -0.2) is 29.5 Å². The molecular formula is C17H29NO2. The monoisotopic (exact) mass is 279 g/mol. The van der Waals surface area contributed by atoms with E-state index in [1.807, 2.05) is 0 Å². The van der Waals surface area contributed by atoms with Gasteiger partial charge < -0.3 is 0 Å². The molecule has 0 unspecified atom stereocenters. The van der Waals surface area contributed by atoms with Crippen molar-refractivity contribution in [1.82, 2.24) is 5.06 Å². The third kappa shape index (κ3) is 3.25. The number of nitrogens with zero attached hydrogens (tertiary/aromatic N) is 1. The van der Waals surface area contributed by atoms with Crippen molar-refractivity contribution in [2.45, 2.75) is 83.2 Å². The van der Waals surface area contributed by atoms with Crippen LogP contribution in [0.1, 0.15) is 71.1 Å². The van der Waals surface area contributed by atoms with Crippen LogP contribution in [0, 0.1) is 11.8 Å². The highest BCUT2D eigenvalue weighted by Crippen LogP contribution is 2.49. The Balaban J connectivity index is 1.39. The van der Waals surface area contributed by atoms with Crippen LogP contribution >= 0.6 is 0 Å². The third-order valence-electron chi connectivity index (χ3n) is 5.49. The van der Waals surface area contributed by atoms with Crippen molar-refractivity contribution < 1.29 is 9.63 Å². The lowest BCUT2D eigenvalue weighted by Gasteiger charge is -2.55. The molecule has 4 bridgehead atoms. The lowest BCUT2D eigenvalue weighted by atomic mass is 9.64. The number of ketones is 1. The Kier molecular flexibility index (Phi) is 4.77. The van der Waals surface area contributed by atoms with E-state index >= 15 is 0 Å². The van der Waals surface area contributed by atoms with E-state index in [0.29, 0.717) is 25.1 Å². The maximum atomic E-state index is 11.9. The van der Waals surface area contributed by atoms with Crippen molar-refractivity contribution in [2.75, 3.05) is 6.61 Å². The molecule has 0 aromatic rings. The fourth-order valence-corrected chi connectivity index (χ4v) is 4.67. The second-order valence-corrected chi connectivity index (χ2v) is 7.20. The molecule has 4 aliphatic rings. The van der Waals surface area contributed by atoms with Crippen LogP contribution in [0.25, 0.3) is 0 Å². The van der Waals surface area contributed by atoms with Crippen LogP contribution in [0.4, 0.5) is 0 Å². The molecule has 3 nitrogen and oxygen atoms in total. The zero-order valence-electron chi connectivity index (χ0n) is 12.9. The number of carbonyl (C=O) groups is 1. The third-order valence-corrected chi connectivity index (χ3v) is 5.49. The number of piperidine rings is 2. The maximum Gasteiger partial charge on any atom is 0.160 e. The Morgan fingerprint density at radius 3 is 2.25 bits per heavy atom. The first-order valence-electron chi connectivity index (χ1n) is 8.69. The molecule has 0 amide bonds. The molecule has 4 fully saturated rings.